The van der Waals surface area contributed by atoms with E-state index < -0.39 is 21.8 Å². The lowest BCUT2D eigenvalue weighted by atomic mass is 10.1. The SMILES string of the molecule is COc1cc(CCNS(=O)(=O)CCl)ccc1OC(F)F. The Labute approximate surface area is 120 Å². The molecule has 0 aliphatic carbocycles. The number of halogens is 3. The van der Waals surface area contributed by atoms with E-state index in [0.29, 0.717) is 12.0 Å². The molecule has 5 nitrogen and oxygen atoms in total. The molecule has 0 unspecified atom stereocenters. The highest BCUT2D eigenvalue weighted by Crippen LogP contribution is 2.29. The van der Waals surface area contributed by atoms with Crippen molar-refractivity contribution in [1.29, 1.82) is 0 Å². The normalized spacial score (nSPS) is 11.7. The number of hydrogen-bond donors (Lipinski definition) is 1. The van der Waals surface area contributed by atoms with Crippen LogP contribution in [0.15, 0.2) is 18.2 Å². The minimum absolute atomic E-state index is 0.0763. The molecule has 9 heteroatoms. The predicted molar refractivity (Wildman–Crippen MR) is 71.0 cm³/mol. The van der Waals surface area contributed by atoms with Crippen LogP contribution in [0.3, 0.4) is 0 Å². The number of nitrogens with one attached hydrogen (secondary N) is 1. The van der Waals surface area contributed by atoms with Crippen LogP contribution < -0.4 is 14.2 Å². The van der Waals surface area contributed by atoms with Crippen molar-refractivity contribution < 1.29 is 26.7 Å². The van der Waals surface area contributed by atoms with Gasteiger partial charge < -0.3 is 9.47 Å². The van der Waals surface area contributed by atoms with Gasteiger partial charge in [-0.1, -0.05) is 6.07 Å². The summed E-state index contributed by atoms with van der Waals surface area (Å²) < 4.78 is 58.0. The van der Waals surface area contributed by atoms with Gasteiger partial charge in [0.25, 0.3) is 0 Å². The van der Waals surface area contributed by atoms with Gasteiger partial charge in [0.05, 0.1) is 7.11 Å². The average molecular weight is 330 g/mol. The number of methoxy groups -OCH3 is 1. The van der Waals surface area contributed by atoms with E-state index in [0.717, 1.165) is 0 Å². The second kappa shape index (κ2) is 7.61. The molecule has 0 saturated carbocycles. The summed E-state index contributed by atoms with van der Waals surface area (Å²) in [6, 6.07) is 4.40. The van der Waals surface area contributed by atoms with E-state index in [-0.39, 0.29) is 18.0 Å². The Morgan fingerprint density at radius 3 is 2.60 bits per heavy atom. The quantitative estimate of drug-likeness (QED) is 0.740. The lowest BCUT2D eigenvalue weighted by molar-refractivity contribution is -0.0512. The molecule has 0 amide bonds. The van der Waals surface area contributed by atoms with Crippen LogP contribution in [0.1, 0.15) is 5.56 Å². The number of alkyl halides is 3. The van der Waals surface area contributed by atoms with Crippen molar-refractivity contribution in [2.75, 3.05) is 18.9 Å². The molecule has 114 valence electrons. The van der Waals surface area contributed by atoms with Crippen molar-refractivity contribution in [3.8, 4) is 11.5 Å². The molecule has 1 N–H and O–H groups in total. The first-order valence-electron chi connectivity index (χ1n) is 5.53. The molecule has 0 aliphatic rings. The molecule has 1 aromatic rings. The maximum Gasteiger partial charge on any atom is 0.387 e. The molecular weight excluding hydrogens is 316 g/mol. The van der Waals surface area contributed by atoms with E-state index in [1.807, 2.05) is 0 Å². The summed E-state index contributed by atoms with van der Waals surface area (Å²) in [5.74, 6) is 0.0792. The molecule has 1 rings (SSSR count). The zero-order valence-corrected chi connectivity index (χ0v) is 12.2. The average Bonchev–Trinajstić information content (AvgIpc) is 2.39. The van der Waals surface area contributed by atoms with Crippen LogP contribution in [0.4, 0.5) is 8.78 Å². The Morgan fingerprint density at radius 2 is 2.05 bits per heavy atom. The molecular formula is C11H14ClF2NO4S. The summed E-state index contributed by atoms with van der Waals surface area (Å²) in [6.45, 7) is -2.79. The third-order valence-corrected chi connectivity index (χ3v) is 4.12. The predicted octanol–water partition coefficient (Wildman–Crippen LogP) is 1.95. The summed E-state index contributed by atoms with van der Waals surface area (Å²) in [5, 5.41) is -0.516. The second-order valence-corrected chi connectivity index (χ2v) is 6.12. The summed E-state index contributed by atoms with van der Waals surface area (Å²) in [4.78, 5) is 0. The smallest absolute Gasteiger partial charge is 0.387 e. The van der Waals surface area contributed by atoms with Crippen LogP contribution in [0.25, 0.3) is 0 Å². The largest absolute Gasteiger partial charge is 0.493 e. The summed E-state index contributed by atoms with van der Waals surface area (Å²) >= 11 is 5.23. The molecule has 0 saturated heterocycles. The third-order valence-electron chi connectivity index (χ3n) is 2.32. The molecule has 1 aromatic carbocycles. The Hall–Kier alpha value is -1.12. The fourth-order valence-corrected chi connectivity index (χ4v) is 2.17. The van der Waals surface area contributed by atoms with Crippen molar-refractivity contribution >= 4 is 21.6 Å². The number of sulfonamides is 1. The minimum atomic E-state index is -3.47. The number of hydrogen-bond acceptors (Lipinski definition) is 4. The summed E-state index contributed by atoms with van der Waals surface area (Å²) in [7, 11) is -2.14. The number of benzene rings is 1. The van der Waals surface area contributed by atoms with Gasteiger partial charge in [-0.15, -0.1) is 11.6 Å². The molecule has 0 radical (unpaired) electrons. The minimum Gasteiger partial charge on any atom is -0.493 e. The third kappa shape index (κ3) is 5.48. The van der Waals surface area contributed by atoms with Crippen LogP contribution in [-0.2, 0) is 16.4 Å². The molecule has 0 atom stereocenters. The van der Waals surface area contributed by atoms with E-state index >= 15 is 0 Å². The van der Waals surface area contributed by atoms with Crippen LogP contribution in [0.5, 0.6) is 11.5 Å². The Balaban J connectivity index is 2.68. The lowest BCUT2D eigenvalue weighted by Crippen LogP contribution is -2.26. The van der Waals surface area contributed by atoms with E-state index in [2.05, 4.69) is 9.46 Å². The van der Waals surface area contributed by atoms with E-state index in [9.17, 15) is 17.2 Å². The van der Waals surface area contributed by atoms with Crippen LogP contribution >= 0.6 is 11.6 Å². The van der Waals surface area contributed by atoms with Crippen molar-refractivity contribution in [2.24, 2.45) is 0 Å². The standard InChI is InChI=1S/C11H14ClF2NO4S/c1-18-10-6-8(2-3-9(10)19-11(13)14)4-5-15-20(16,17)7-12/h2-3,6,11,15H,4-5,7H2,1H3. The highest BCUT2D eigenvalue weighted by molar-refractivity contribution is 7.90. The van der Waals surface area contributed by atoms with Gasteiger partial charge in [0.2, 0.25) is 10.0 Å². The Kier molecular flexibility index (Phi) is 6.44. The highest BCUT2D eigenvalue weighted by atomic mass is 35.5. The van der Waals surface area contributed by atoms with Crippen LogP contribution in [0.2, 0.25) is 0 Å². The van der Waals surface area contributed by atoms with E-state index in [1.54, 1.807) is 6.07 Å². The topological polar surface area (TPSA) is 64.6 Å². The van der Waals surface area contributed by atoms with Crippen molar-refractivity contribution in [2.45, 2.75) is 13.0 Å². The molecule has 20 heavy (non-hydrogen) atoms. The molecule has 0 aliphatic heterocycles. The molecule has 0 fully saturated rings. The zero-order valence-electron chi connectivity index (χ0n) is 10.6. The lowest BCUT2D eigenvalue weighted by Gasteiger charge is -2.11. The second-order valence-electron chi connectivity index (χ2n) is 3.73. The fourth-order valence-electron chi connectivity index (χ4n) is 1.45. The first kappa shape index (κ1) is 16.9. The van der Waals surface area contributed by atoms with Gasteiger partial charge in [-0.05, 0) is 24.1 Å². The first-order chi connectivity index (χ1) is 9.38. The van der Waals surface area contributed by atoms with Crippen molar-refractivity contribution in [3.63, 3.8) is 0 Å². The van der Waals surface area contributed by atoms with Gasteiger partial charge in [-0.3, -0.25) is 0 Å². The summed E-state index contributed by atoms with van der Waals surface area (Å²) in [5.41, 5.74) is 0.709. The van der Waals surface area contributed by atoms with Gasteiger partial charge in [-0.25, -0.2) is 13.1 Å². The van der Waals surface area contributed by atoms with Crippen LogP contribution in [-0.4, -0.2) is 33.9 Å². The van der Waals surface area contributed by atoms with Gasteiger partial charge >= 0.3 is 6.61 Å². The van der Waals surface area contributed by atoms with Gasteiger partial charge in [-0.2, -0.15) is 8.78 Å². The summed E-state index contributed by atoms with van der Waals surface area (Å²) in [6.07, 6.45) is 0.363. The highest BCUT2D eigenvalue weighted by Gasteiger charge is 2.11. The van der Waals surface area contributed by atoms with Crippen LogP contribution in [0, 0.1) is 0 Å². The molecule has 0 heterocycles. The van der Waals surface area contributed by atoms with Crippen molar-refractivity contribution in [3.05, 3.63) is 23.8 Å². The van der Waals surface area contributed by atoms with E-state index in [1.165, 1.54) is 19.2 Å². The number of rotatable bonds is 8. The van der Waals surface area contributed by atoms with Crippen molar-refractivity contribution in [1.82, 2.24) is 4.72 Å². The Bertz CT molecular complexity index is 539. The number of ether oxygens (including phenoxy) is 2. The fraction of sp³-hybridized carbons (Fsp3) is 0.455. The maximum absolute atomic E-state index is 12.1. The molecule has 0 spiro atoms. The van der Waals surface area contributed by atoms with Gasteiger partial charge in [0, 0.05) is 6.54 Å². The molecule has 0 aromatic heterocycles. The zero-order chi connectivity index (χ0) is 15.2. The van der Waals surface area contributed by atoms with Gasteiger partial charge in [0.15, 0.2) is 11.5 Å². The Morgan fingerprint density at radius 1 is 1.35 bits per heavy atom. The monoisotopic (exact) mass is 329 g/mol. The maximum atomic E-state index is 12.1. The first-order valence-corrected chi connectivity index (χ1v) is 7.71. The molecule has 0 bridgehead atoms. The van der Waals surface area contributed by atoms with E-state index in [4.69, 9.17) is 16.3 Å². The van der Waals surface area contributed by atoms with Gasteiger partial charge in [0.1, 0.15) is 5.21 Å².